The minimum absolute atomic E-state index is 0.0671. The topological polar surface area (TPSA) is 79.2 Å². The molecule has 4 fully saturated rings. The summed E-state index contributed by atoms with van der Waals surface area (Å²) >= 11 is 0. The Morgan fingerprint density at radius 1 is 1.11 bits per heavy atom. The fourth-order valence-electron chi connectivity index (χ4n) is 8.32. The highest BCUT2D eigenvalue weighted by Gasteiger charge is 2.58. The van der Waals surface area contributed by atoms with Gasteiger partial charge in [0.2, 0.25) is 0 Å². The van der Waals surface area contributed by atoms with E-state index < -0.39 is 23.8 Å². The van der Waals surface area contributed by atoms with Crippen molar-refractivity contribution in [3.8, 4) is 11.3 Å². The van der Waals surface area contributed by atoms with Gasteiger partial charge in [-0.3, -0.25) is 0 Å². The van der Waals surface area contributed by atoms with Crippen LogP contribution in [0.4, 0.5) is 23.7 Å². The highest BCUT2D eigenvalue weighted by Crippen LogP contribution is 2.62. The molecule has 3 aromatic rings. The third kappa shape index (κ3) is 3.66. The van der Waals surface area contributed by atoms with Gasteiger partial charge in [-0.25, -0.2) is 22.9 Å². The van der Waals surface area contributed by atoms with Gasteiger partial charge in [0.1, 0.15) is 17.5 Å². The first-order valence-corrected chi connectivity index (χ1v) is 13.3. The predicted octanol–water partition coefficient (Wildman–Crippen LogP) is 5.64. The summed E-state index contributed by atoms with van der Waals surface area (Å²) in [4.78, 5) is 17.0. The molecule has 5 aliphatic rings. The molecule has 38 heavy (non-hydrogen) atoms. The largest absolute Gasteiger partial charge is 0.392 e. The van der Waals surface area contributed by atoms with Gasteiger partial charge in [0.05, 0.1) is 36.1 Å². The van der Waals surface area contributed by atoms with Crippen LogP contribution in [0.5, 0.6) is 0 Å². The number of hydrogen-bond acceptors (Lipinski definition) is 3. The lowest BCUT2D eigenvalue weighted by molar-refractivity contribution is -0.135. The minimum atomic E-state index is -0.821. The average Bonchev–Trinajstić information content (AvgIpc) is 3.46. The fraction of sp³-hybridized carbons (Fsp3) is 0.448. The lowest BCUT2D eigenvalue weighted by Crippen LogP contribution is -2.62. The number of benzene rings is 2. The summed E-state index contributed by atoms with van der Waals surface area (Å²) in [5.74, 6) is -0.895. The maximum Gasteiger partial charge on any atom is 0.319 e. The molecule has 4 unspecified atom stereocenters. The van der Waals surface area contributed by atoms with Crippen molar-refractivity contribution in [3.05, 3.63) is 71.9 Å². The number of aromatic nitrogens is 2. The zero-order chi connectivity index (χ0) is 26.2. The number of halogens is 3. The Hall–Kier alpha value is -3.33. The summed E-state index contributed by atoms with van der Waals surface area (Å²) in [5.41, 5.74) is 1.98. The number of amides is 2. The molecule has 1 aliphatic heterocycles. The number of hydrogen-bond donors (Lipinski definition) is 3. The van der Waals surface area contributed by atoms with Gasteiger partial charge in [0, 0.05) is 23.2 Å². The monoisotopic (exact) mass is 522 g/mol. The molecule has 3 N–H and O–H groups in total. The molecular formula is C29H29F3N4O2. The first-order valence-electron chi connectivity index (χ1n) is 13.3. The molecule has 0 saturated heterocycles. The van der Waals surface area contributed by atoms with E-state index in [0.29, 0.717) is 17.9 Å². The summed E-state index contributed by atoms with van der Waals surface area (Å²) in [6.07, 6.45) is 7.71. The first-order chi connectivity index (χ1) is 18.3. The number of carbonyl (C=O) groups is 1. The quantitative estimate of drug-likeness (QED) is 0.406. The zero-order valence-corrected chi connectivity index (χ0v) is 20.7. The minimum Gasteiger partial charge on any atom is -0.392 e. The molecule has 9 heteroatoms. The Morgan fingerprint density at radius 3 is 2.66 bits per heavy atom. The molecule has 0 radical (unpaired) electrons. The van der Waals surface area contributed by atoms with E-state index in [1.54, 1.807) is 18.6 Å². The first kappa shape index (κ1) is 23.8. The van der Waals surface area contributed by atoms with Gasteiger partial charge in [0.15, 0.2) is 0 Å². The van der Waals surface area contributed by atoms with E-state index in [-0.39, 0.29) is 40.8 Å². The van der Waals surface area contributed by atoms with Crippen molar-refractivity contribution in [3.63, 3.8) is 0 Å². The number of nitrogens with one attached hydrogen (secondary N) is 2. The van der Waals surface area contributed by atoms with Gasteiger partial charge in [-0.1, -0.05) is 12.1 Å². The van der Waals surface area contributed by atoms with Gasteiger partial charge >= 0.3 is 6.03 Å². The number of nitrogens with zero attached hydrogens (tertiary/aromatic N) is 2. The molecule has 2 amide bonds. The molecule has 198 valence electrons. The second kappa shape index (κ2) is 8.59. The van der Waals surface area contributed by atoms with E-state index in [0.717, 1.165) is 55.5 Å². The van der Waals surface area contributed by atoms with Crippen LogP contribution in [0.15, 0.2) is 48.9 Å². The highest BCUT2D eigenvalue weighted by atomic mass is 19.1. The molecule has 1 aromatic heterocycles. The maximum atomic E-state index is 15.0. The summed E-state index contributed by atoms with van der Waals surface area (Å²) < 4.78 is 44.2. The Kier molecular flexibility index (Phi) is 5.37. The number of imidazole rings is 1. The van der Waals surface area contributed by atoms with E-state index in [1.165, 1.54) is 12.1 Å². The lowest BCUT2D eigenvalue weighted by Gasteiger charge is -2.61. The molecule has 4 saturated carbocycles. The van der Waals surface area contributed by atoms with Gasteiger partial charge in [0.25, 0.3) is 0 Å². The molecule has 6 nitrogen and oxygen atoms in total. The van der Waals surface area contributed by atoms with E-state index in [1.807, 2.05) is 10.6 Å². The van der Waals surface area contributed by atoms with Crippen LogP contribution >= 0.6 is 0 Å². The Labute approximate surface area is 218 Å². The molecule has 4 bridgehead atoms. The van der Waals surface area contributed by atoms with Gasteiger partial charge in [-0.15, -0.1) is 0 Å². The number of urea groups is 1. The number of aliphatic hydroxyl groups is 1. The average molecular weight is 523 g/mol. The number of rotatable bonds is 5. The van der Waals surface area contributed by atoms with Crippen LogP contribution in [-0.2, 0) is 0 Å². The number of anilines is 1. The van der Waals surface area contributed by atoms with Crippen LogP contribution < -0.4 is 10.6 Å². The lowest BCUT2D eigenvalue weighted by atomic mass is 9.46. The van der Waals surface area contributed by atoms with E-state index in [2.05, 4.69) is 15.6 Å². The van der Waals surface area contributed by atoms with E-state index >= 15 is 0 Å². The van der Waals surface area contributed by atoms with Crippen LogP contribution in [-0.4, -0.2) is 32.8 Å². The Morgan fingerprint density at radius 2 is 1.89 bits per heavy atom. The summed E-state index contributed by atoms with van der Waals surface area (Å²) in [6, 6.07) is 7.26. The Balaban J connectivity index is 1.08. The van der Waals surface area contributed by atoms with Crippen LogP contribution in [0, 0.1) is 40.6 Å². The molecule has 8 rings (SSSR count). The fourth-order valence-corrected chi connectivity index (χ4v) is 8.32. The molecule has 4 atom stereocenters. The van der Waals surface area contributed by atoms with Crippen molar-refractivity contribution in [2.24, 2.45) is 23.2 Å². The molecule has 2 aromatic carbocycles. The molecule has 0 spiro atoms. The van der Waals surface area contributed by atoms with Crippen molar-refractivity contribution in [1.29, 1.82) is 0 Å². The predicted molar refractivity (Wildman–Crippen MR) is 135 cm³/mol. The van der Waals surface area contributed by atoms with Gasteiger partial charge < -0.3 is 20.3 Å². The third-order valence-corrected chi connectivity index (χ3v) is 9.61. The standard InChI is InChI=1S/C29H29F3N4O2/c30-18-4-5-22(21(32)8-18)34-28(38)35-27-16-6-15-7-17(27)12-29(10-15,11-16)25(37)9-23-26-19(2-1-3-20(26)31)24-13-33-14-36(23)24/h1-5,8,13-17,23,25,27,37H,6-7,9-12H2,(H2,34,35,38). The molecular weight excluding hydrogens is 493 g/mol. The number of aliphatic hydroxyl groups excluding tert-OH is 1. The SMILES string of the molecule is O=C(Nc1ccc(F)cc1F)NC1C2CC3CC1CC(C(O)CC1c4c(F)cccc4-c4cncn41)(C3)C2. The number of fused-ring (bicyclic) bond motifs is 3. The highest BCUT2D eigenvalue weighted by molar-refractivity contribution is 5.89. The van der Waals surface area contributed by atoms with E-state index in [4.69, 9.17) is 0 Å². The summed E-state index contributed by atoms with van der Waals surface area (Å²) in [5, 5.41) is 17.3. The van der Waals surface area contributed by atoms with Crippen molar-refractivity contribution in [2.75, 3.05) is 5.32 Å². The normalized spacial score (nSPS) is 31.1. The van der Waals surface area contributed by atoms with Crippen LogP contribution in [0.25, 0.3) is 11.3 Å². The smallest absolute Gasteiger partial charge is 0.319 e. The van der Waals surface area contributed by atoms with Gasteiger partial charge in [-0.2, -0.15) is 0 Å². The van der Waals surface area contributed by atoms with Crippen LogP contribution in [0.3, 0.4) is 0 Å². The Bertz CT molecular complexity index is 1410. The van der Waals surface area contributed by atoms with Crippen molar-refractivity contribution in [2.45, 2.75) is 56.7 Å². The summed E-state index contributed by atoms with van der Waals surface area (Å²) in [7, 11) is 0. The van der Waals surface area contributed by atoms with Crippen LogP contribution in [0.2, 0.25) is 0 Å². The second-order valence-corrected chi connectivity index (χ2v) is 11.7. The molecule has 2 heterocycles. The second-order valence-electron chi connectivity index (χ2n) is 11.7. The van der Waals surface area contributed by atoms with Crippen molar-refractivity contribution in [1.82, 2.24) is 14.9 Å². The molecule has 4 aliphatic carbocycles. The van der Waals surface area contributed by atoms with Crippen molar-refractivity contribution >= 4 is 11.7 Å². The van der Waals surface area contributed by atoms with Gasteiger partial charge in [-0.05, 0) is 79.9 Å². The zero-order valence-electron chi connectivity index (χ0n) is 20.7. The van der Waals surface area contributed by atoms with E-state index in [9.17, 15) is 23.1 Å². The van der Waals surface area contributed by atoms with Crippen molar-refractivity contribution < 1.29 is 23.1 Å². The third-order valence-electron chi connectivity index (χ3n) is 9.61. The van der Waals surface area contributed by atoms with Crippen LogP contribution in [0.1, 0.15) is 50.1 Å². The summed E-state index contributed by atoms with van der Waals surface area (Å²) in [6.45, 7) is 0. The maximum absolute atomic E-state index is 15.0. The number of carbonyl (C=O) groups excluding carboxylic acids is 1.